The lowest BCUT2D eigenvalue weighted by molar-refractivity contribution is -0.174. The van der Waals surface area contributed by atoms with Crippen LogP contribution in [0.5, 0.6) is 0 Å². The van der Waals surface area contributed by atoms with Crippen molar-refractivity contribution in [3.63, 3.8) is 0 Å². The molecule has 0 spiro atoms. The van der Waals surface area contributed by atoms with Crippen molar-refractivity contribution in [2.75, 3.05) is 20.2 Å². The van der Waals surface area contributed by atoms with E-state index in [0.717, 1.165) is 24.8 Å². The van der Waals surface area contributed by atoms with Crippen LogP contribution in [-0.4, -0.2) is 57.6 Å². The number of fused-ring (bicyclic) bond motifs is 3. The Morgan fingerprint density at radius 3 is 2.56 bits per heavy atom. The number of carboxylic acids is 1. The van der Waals surface area contributed by atoms with Crippen LogP contribution in [0.15, 0.2) is 24.4 Å². The molecule has 1 aliphatic carbocycles. The number of aromatic nitrogens is 2. The molecule has 3 aliphatic rings. The number of carboxylic acid groups (broad SMARTS) is 1. The first kappa shape index (κ1) is 26.1. The molecule has 1 aromatic heterocycles. The molecule has 0 radical (unpaired) electrons. The number of halogens is 1. The van der Waals surface area contributed by atoms with Gasteiger partial charge in [-0.2, -0.15) is 5.10 Å². The molecule has 36 heavy (non-hydrogen) atoms. The summed E-state index contributed by atoms with van der Waals surface area (Å²) in [6.07, 6.45) is 4.93. The Kier molecular flexibility index (Phi) is 7.41. The van der Waals surface area contributed by atoms with Crippen molar-refractivity contribution < 1.29 is 28.6 Å². The van der Waals surface area contributed by atoms with Crippen LogP contribution >= 0.6 is 0 Å². The summed E-state index contributed by atoms with van der Waals surface area (Å²) < 4.78 is 28.6. The number of aryl methyl sites for hydroxylation is 1. The summed E-state index contributed by atoms with van der Waals surface area (Å²) in [4.78, 5) is 25.2. The van der Waals surface area contributed by atoms with Gasteiger partial charge in [-0.05, 0) is 49.7 Å². The van der Waals surface area contributed by atoms with Crippen molar-refractivity contribution in [1.82, 2.24) is 14.7 Å². The van der Waals surface area contributed by atoms with E-state index in [2.05, 4.69) is 18.9 Å². The number of ether oxygens (including phenoxy) is 2. The molecule has 1 aromatic carbocycles. The molecule has 2 aromatic rings. The molecule has 9 heteroatoms. The van der Waals surface area contributed by atoms with Crippen LogP contribution in [-0.2, 0) is 33.3 Å². The maximum Gasteiger partial charge on any atom is 0.409 e. The first-order chi connectivity index (χ1) is 17.0. The highest BCUT2D eigenvalue weighted by atomic mass is 19.1. The lowest BCUT2D eigenvalue weighted by atomic mass is 9.62. The fraction of sp³-hybridized carbons (Fsp3) is 0.593. The Labute approximate surface area is 211 Å². The average Bonchev–Trinajstić information content (AvgIpc) is 3.21. The first-order valence-corrected chi connectivity index (χ1v) is 12.6. The summed E-state index contributed by atoms with van der Waals surface area (Å²) in [6, 6.07) is 5.25. The smallest absolute Gasteiger partial charge is 0.409 e. The summed E-state index contributed by atoms with van der Waals surface area (Å²) >= 11 is 0. The Morgan fingerprint density at radius 2 is 1.97 bits per heavy atom. The van der Waals surface area contributed by atoms with Gasteiger partial charge in [0.15, 0.2) is 0 Å². The number of carbonyl (C=O) groups is 2. The molecule has 8 nitrogen and oxygen atoms in total. The number of aliphatic carboxylic acids is 1. The second kappa shape index (κ2) is 10.2. The molecule has 1 amide bonds. The van der Waals surface area contributed by atoms with Crippen LogP contribution in [0.2, 0.25) is 0 Å². The molecular weight excluding hydrogens is 465 g/mol. The fourth-order valence-corrected chi connectivity index (χ4v) is 5.35. The van der Waals surface area contributed by atoms with Crippen LogP contribution < -0.4 is 0 Å². The SMILES string of the molecule is CC(C)CCN(C)C(=O)OCc1c(-c2ccc(C34CCC(CC(=O)O)(CC3)OC4)cc2F)cnn1C. The van der Waals surface area contributed by atoms with Crippen molar-refractivity contribution in [2.45, 2.75) is 70.0 Å². The van der Waals surface area contributed by atoms with Gasteiger partial charge in [0, 0.05) is 37.2 Å². The summed E-state index contributed by atoms with van der Waals surface area (Å²) in [6.45, 7) is 5.19. The van der Waals surface area contributed by atoms with Gasteiger partial charge in [-0.1, -0.05) is 26.0 Å². The normalized spacial score (nSPS) is 23.2. The Balaban J connectivity index is 1.48. The topological polar surface area (TPSA) is 93.9 Å². The van der Waals surface area contributed by atoms with E-state index >= 15 is 4.39 Å². The van der Waals surface area contributed by atoms with Gasteiger partial charge in [0.1, 0.15) is 12.4 Å². The summed E-state index contributed by atoms with van der Waals surface area (Å²) in [5, 5.41) is 13.5. The third-order valence-corrected chi connectivity index (χ3v) is 7.87. The number of nitrogens with zero attached hydrogens (tertiary/aromatic N) is 3. The van der Waals surface area contributed by atoms with Gasteiger partial charge in [0.05, 0.1) is 30.5 Å². The van der Waals surface area contributed by atoms with E-state index in [9.17, 15) is 14.7 Å². The van der Waals surface area contributed by atoms with Crippen molar-refractivity contribution in [1.29, 1.82) is 0 Å². The highest BCUT2D eigenvalue weighted by Crippen LogP contribution is 2.52. The van der Waals surface area contributed by atoms with Gasteiger partial charge in [-0.3, -0.25) is 9.48 Å². The number of rotatable bonds is 9. The molecule has 3 heterocycles. The maximum atomic E-state index is 15.5. The number of benzene rings is 1. The van der Waals surface area contributed by atoms with E-state index in [-0.39, 0.29) is 24.3 Å². The Bertz CT molecular complexity index is 1100. The summed E-state index contributed by atoms with van der Waals surface area (Å²) in [7, 11) is 3.45. The molecule has 0 atom stereocenters. The van der Waals surface area contributed by atoms with Gasteiger partial charge >= 0.3 is 12.1 Å². The standard InChI is InChI=1S/C27H36FN3O5/c1-18(2)7-12-30(3)25(34)35-16-23-21(15-29-31(23)4)20-6-5-19(13-22(20)28)26-8-10-27(11-9-26,36-17-26)14-24(32)33/h5-6,13,15,18H,7-12,14,16-17H2,1-4H3,(H,32,33). The number of carbonyl (C=O) groups excluding carboxylic acids is 1. The van der Waals surface area contributed by atoms with Crippen LogP contribution in [0, 0.1) is 11.7 Å². The minimum absolute atomic E-state index is 0.0122. The summed E-state index contributed by atoms with van der Waals surface area (Å²) in [5.41, 5.74) is 1.58. The zero-order valence-electron chi connectivity index (χ0n) is 21.6. The minimum Gasteiger partial charge on any atom is -0.481 e. The van der Waals surface area contributed by atoms with E-state index in [0.29, 0.717) is 48.7 Å². The molecule has 196 valence electrons. The van der Waals surface area contributed by atoms with Crippen LogP contribution in [0.1, 0.15) is 63.6 Å². The van der Waals surface area contributed by atoms with Crippen molar-refractivity contribution in [3.8, 4) is 11.1 Å². The monoisotopic (exact) mass is 501 g/mol. The van der Waals surface area contributed by atoms with Crippen molar-refractivity contribution in [3.05, 3.63) is 41.5 Å². The highest BCUT2D eigenvalue weighted by Gasteiger charge is 2.51. The van der Waals surface area contributed by atoms with E-state index in [1.807, 2.05) is 6.07 Å². The van der Waals surface area contributed by atoms with Gasteiger partial charge in [0.2, 0.25) is 0 Å². The van der Waals surface area contributed by atoms with E-state index in [1.54, 1.807) is 42.0 Å². The molecule has 1 N–H and O–H groups in total. The largest absolute Gasteiger partial charge is 0.481 e. The number of hydrogen-bond donors (Lipinski definition) is 1. The van der Waals surface area contributed by atoms with Crippen LogP contribution in [0.4, 0.5) is 9.18 Å². The molecule has 3 fully saturated rings. The van der Waals surface area contributed by atoms with E-state index in [4.69, 9.17) is 9.47 Å². The Morgan fingerprint density at radius 1 is 1.25 bits per heavy atom. The van der Waals surface area contributed by atoms with Crippen molar-refractivity contribution in [2.24, 2.45) is 13.0 Å². The molecule has 2 bridgehead atoms. The minimum atomic E-state index is -0.847. The molecular formula is C27H36FN3O5. The number of amides is 1. The second-order valence-corrected chi connectivity index (χ2v) is 10.8. The predicted molar refractivity (Wildman–Crippen MR) is 132 cm³/mol. The molecule has 0 unspecified atom stereocenters. The lowest BCUT2D eigenvalue weighted by Gasteiger charge is -2.53. The fourth-order valence-electron chi connectivity index (χ4n) is 5.35. The average molecular weight is 502 g/mol. The van der Waals surface area contributed by atoms with Gasteiger partial charge in [0.25, 0.3) is 0 Å². The van der Waals surface area contributed by atoms with E-state index < -0.39 is 17.7 Å². The van der Waals surface area contributed by atoms with Gasteiger partial charge in [-0.25, -0.2) is 9.18 Å². The highest BCUT2D eigenvalue weighted by molar-refractivity contribution is 5.70. The molecule has 5 rings (SSSR count). The van der Waals surface area contributed by atoms with Gasteiger partial charge in [-0.15, -0.1) is 0 Å². The Hall–Kier alpha value is -2.94. The zero-order chi connectivity index (χ0) is 26.1. The predicted octanol–water partition coefficient (Wildman–Crippen LogP) is 4.90. The van der Waals surface area contributed by atoms with E-state index in [1.165, 1.54) is 0 Å². The zero-order valence-corrected chi connectivity index (χ0v) is 21.6. The quantitative estimate of drug-likeness (QED) is 0.526. The third kappa shape index (κ3) is 5.26. The maximum absolute atomic E-state index is 15.5. The van der Waals surface area contributed by atoms with Gasteiger partial charge < -0.3 is 19.5 Å². The molecule has 1 saturated carbocycles. The van der Waals surface area contributed by atoms with Crippen LogP contribution in [0.25, 0.3) is 11.1 Å². The second-order valence-electron chi connectivity index (χ2n) is 10.8. The summed E-state index contributed by atoms with van der Waals surface area (Å²) in [5.74, 6) is -0.736. The third-order valence-electron chi connectivity index (χ3n) is 7.87. The number of hydrogen-bond acceptors (Lipinski definition) is 5. The molecule has 2 saturated heterocycles. The lowest BCUT2D eigenvalue weighted by Crippen LogP contribution is -2.54. The van der Waals surface area contributed by atoms with Crippen molar-refractivity contribution >= 4 is 12.1 Å². The van der Waals surface area contributed by atoms with Crippen LogP contribution in [0.3, 0.4) is 0 Å². The first-order valence-electron chi connectivity index (χ1n) is 12.6. The molecule has 2 aliphatic heterocycles.